The van der Waals surface area contributed by atoms with Gasteiger partial charge in [0.05, 0.1) is 18.5 Å². The zero-order valence-corrected chi connectivity index (χ0v) is 11.3. The lowest BCUT2D eigenvalue weighted by atomic mass is 10.4. The van der Waals surface area contributed by atoms with Crippen molar-refractivity contribution in [3.05, 3.63) is 11.9 Å². The third-order valence-electron chi connectivity index (χ3n) is 2.97. The van der Waals surface area contributed by atoms with E-state index in [0.717, 1.165) is 18.8 Å². The molecule has 0 aliphatic heterocycles. The molecule has 7 nitrogen and oxygen atoms in total. The largest absolute Gasteiger partial charge is 0.383 e. The van der Waals surface area contributed by atoms with Crippen molar-refractivity contribution in [1.82, 2.24) is 25.6 Å². The van der Waals surface area contributed by atoms with Gasteiger partial charge in [0.1, 0.15) is 6.54 Å². The molecular formula is C12H21N5O2. The Morgan fingerprint density at radius 2 is 2.42 bits per heavy atom. The molecule has 1 aromatic heterocycles. The van der Waals surface area contributed by atoms with E-state index in [0.29, 0.717) is 19.1 Å². The maximum atomic E-state index is 11.6. The van der Waals surface area contributed by atoms with E-state index < -0.39 is 0 Å². The highest BCUT2D eigenvalue weighted by molar-refractivity contribution is 5.75. The van der Waals surface area contributed by atoms with Gasteiger partial charge in [0.15, 0.2) is 0 Å². The van der Waals surface area contributed by atoms with Gasteiger partial charge in [-0.1, -0.05) is 5.21 Å². The Bertz CT molecular complexity index is 403. The molecule has 0 atom stereocenters. The molecular weight excluding hydrogens is 246 g/mol. The van der Waals surface area contributed by atoms with Crippen LogP contribution in [0.15, 0.2) is 6.20 Å². The van der Waals surface area contributed by atoms with Gasteiger partial charge in [-0.3, -0.25) is 4.79 Å². The molecule has 106 valence electrons. The molecule has 0 spiro atoms. The van der Waals surface area contributed by atoms with Crippen molar-refractivity contribution >= 4 is 5.91 Å². The van der Waals surface area contributed by atoms with Crippen LogP contribution in [-0.2, 0) is 22.6 Å². The maximum absolute atomic E-state index is 11.6. The van der Waals surface area contributed by atoms with Crippen molar-refractivity contribution < 1.29 is 9.53 Å². The predicted octanol–water partition coefficient (Wildman–Crippen LogP) is -0.460. The first-order valence-electron chi connectivity index (χ1n) is 6.63. The average molecular weight is 267 g/mol. The number of ether oxygens (including phenoxy) is 1. The van der Waals surface area contributed by atoms with E-state index in [-0.39, 0.29) is 12.5 Å². The number of carbonyl (C=O) groups is 1. The van der Waals surface area contributed by atoms with Crippen LogP contribution in [-0.4, -0.2) is 47.7 Å². The smallest absolute Gasteiger partial charge is 0.241 e. The lowest BCUT2D eigenvalue weighted by Gasteiger charge is -2.03. The van der Waals surface area contributed by atoms with Crippen molar-refractivity contribution in [2.24, 2.45) is 5.92 Å². The van der Waals surface area contributed by atoms with Crippen LogP contribution in [0.3, 0.4) is 0 Å². The molecule has 0 aromatic carbocycles. The van der Waals surface area contributed by atoms with Crippen LogP contribution in [0, 0.1) is 5.92 Å². The van der Waals surface area contributed by atoms with Crippen LogP contribution in [0.2, 0.25) is 0 Å². The van der Waals surface area contributed by atoms with Crippen LogP contribution in [0.25, 0.3) is 0 Å². The first kappa shape index (κ1) is 14.0. The number of methoxy groups -OCH3 is 1. The highest BCUT2D eigenvalue weighted by Gasteiger charge is 2.21. The highest BCUT2D eigenvalue weighted by atomic mass is 16.5. The van der Waals surface area contributed by atoms with Gasteiger partial charge in [0, 0.05) is 26.7 Å². The predicted molar refractivity (Wildman–Crippen MR) is 69.3 cm³/mol. The molecule has 2 rings (SSSR count). The number of amides is 1. The van der Waals surface area contributed by atoms with Crippen molar-refractivity contribution in [1.29, 1.82) is 0 Å². The fourth-order valence-electron chi connectivity index (χ4n) is 1.67. The fourth-order valence-corrected chi connectivity index (χ4v) is 1.67. The summed E-state index contributed by atoms with van der Waals surface area (Å²) in [6.45, 7) is 3.09. The number of hydrogen-bond acceptors (Lipinski definition) is 5. The van der Waals surface area contributed by atoms with Crippen LogP contribution < -0.4 is 10.6 Å². The lowest BCUT2D eigenvalue weighted by molar-refractivity contribution is -0.121. The Morgan fingerprint density at radius 3 is 3.16 bits per heavy atom. The quantitative estimate of drug-likeness (QED) is 0.592. The molecule has 1 aliphatic rings. The molecule has 2 N–H and O–H groups in total. The molecule has 1 amide bonds. The van der Waals surface area contributed by atoms with Crippen molar-refractivity contribution in [3.8, 4) is 0 Å². The van der Waals surface area contributed by atoms with Crippen molar-refractivity contribution in [2.75, 3.05) is 26.8 Å². The Labute approximate surface area is 112 Å². The second-order valence-electron chi connectivity index (χ2n) is 4.82. The summed E-state index contributed by atoms with van der Waals surface area (Å²) in [5.41, 5.74) is 0.825. The fraction of sp³-hybridized carbons (Fsp3) is 0.750. The molecule has 1 aromatic rings. The van der Waals surface area contributed by atoms with Crippen molar-refractivity contribution in [2.45, 2.75) is 25.9 Å². The topological polar surface area (TPSA) is 81.1 Å². The number of nitrogens with one attached hydrogen (secondary N) is 2. The summed E-state index contributed by atoms with van der Waals surface area (Å²) >= 11 is 0. The second-order valence-corrected chi connectivity index (χ2v) is 4.82. The molecule has 0 unspecified atom stereocenters. The number of aromatic nitrogens is 3. The third kappa shape index (κ3) is 5.35. The first-order valence-corrected chi connectivity index (χ1v) is 6.63. The maximum Gasteiger partial charge on any atom is 0.241 e. The molecule has 0 radical (unpaired) electrons. The Morgan fingerprint density at radius 1 is 1.58 bits per heavy atom. The summed E-state index contributed by atoms with van der Waals surface area (Å²) in [6.07, 6.45) is 4.26. The SMILES string of the molecule is COCCNCc1cn(CC(=O)NCC2CC2)nn1. The zero-order chi connectivity index (χ0) is 13.5. The zero-order valence-electron chi connectivity index (χ0n) is 11.3. The van der Waals surface area contributed by atoms with Gasteiger partial charge in [0.2, 0.25) is 5.91 Å². The lowest BCUT2D eigenvalue weighted by Crippen LogP contribution is -2.29. The van der Waals surface area contributed by atoms with E-state index in [9.17, 15) is 4.79 Å². The average Bonchev–Trinajstić information content (AvgIpc) is 3.13. The minimum absolute atomic E-state index is 0.00399. The van der Waals surface area contributed by atoms with Gasteiger partial charge >= 0.3 is 0 Å². The van der Waals surface area contributed by atoms with Crippen LogP contribution >= 0.6 is 0 Å². The minimum Gasteiger partial charge on any atom is -0.383 e. The van der Waals surface area contributed by atoms with Gasteiger partial charge in [0.25, 0.3) is 0 Å². The first-order chi connectivity index (χ1) is 9.28. The molecule has 0 bridgehead atoms. The van der Waals surface area contributed by atoms with Gasteiger partial charge in [-0.15, -0.1) is 5.10 Å². The van der Waals surface area contributed by atoms with Crippen LogP contribution in [0.1, 0.15) is 18.5 Å². The minimum atomic E-state index is -0.00399. The molecule has 1 saturated carbocycles. The Balaban J connectivity index is 1.65. The molecule has 7 heteroatoms. The van der Waals surface area contributed by atoms with Crippen molar-refractivity contribution in [3.63, 3.8) is 0 Å². The Hall–Kier alpha value is -1.47. The van der Waals surface area contributed by atoms with Crippen LogP contribution in [0.4, 0.5) is 0 Å². The number of nitrogens with zero attached hydrogens (tertiary/aromatic N) is 3. The summed E-state index contributed by atoms with van der Waals surface area (Å²) < 4.78 is 6.50. The van der Waals surface area contributed by atoms with E-state index >= 15 is 0 Å². The summed E-state index contributed by atoms with van der Waals surface area (Å²) in [6, 6.07) is 0. The van der Waals surface area contributed by atoms with Gasteiger partial charge in [-0.25, -0.2) is 4.68 Å². The van der Waals surface area contributed by atoms with E-state index in [1.54, 1.807) is 18.0 Å². The van der Waals surface area contributed by atoms with Crippen LogP contribution in [0.5, 0.6) is 0 Å². The third-order valence-corrected chi connectivity index (χ3v) is 2.97. The standard InChI is InChI=1S/C12H21N5O2/c1-19-5-4-13-7-11-8-17(16-15-11)9-12(18)14-6-10-2-3-10/h8,10,13H,2-7,9H2,1H3,(H,14,18). The van der Waals surface area contributed by atoms with E-state index in [2.05, 4.69) is 20.9 Å². The molecule has 1 heterocycles. The molecule has 1 aliphatic carbocycles. The van der Waals surface area contributed by atoms with E-state index in [1.807, 2.05) is 0 Å². The number of rotatable bonds is 9. The summed E-state index contributed by atoms with van der Waals surface area (Å²) in [5.74, 6) is 0.691. The summed E-state index contributed by atoms with van der Waals surface area (Å²) in [7, 11) is 1.66. The normalized spacial score (nSPS) is 14.6. The summed E-state index contributed by atoms with van der Waals surface area (Å²) in [4.78, 5) is 11.6. The monoisotopic (exact) mass is 267 g/mol. The van der Waals surface area contributed by atoms with Gasteiger partial charge in [-0.05, 0) is 18.8 Å². The number of hydrogen-bond donors (Lipinski definition) is 2. The van der Waals surface area contributed by atoms with Gasteiger partial charge < -0.3 is 15.4 Å². The highest BCUT2D eigenvalue weighted by Crippen LogP contribution is 2.27. The molecule has 19 heavy (non-hydrogen) atoms. The van der Waals surface area contributed by atoms with Gasteiger partial charge in [-0.2, -0.15) is 0 Å². The molecule has 0 saturated heterocycles. The van der Waals surface area contributed by atoms with E-state index in [4.69, 9.17) is 4.74 Å². The Kier molecular flexibility index (Phi) is 5.29. The summed E-state index contributed by atoms with van der Waals surface area (Å²) in [5, 5.41) is 14.0. The van der Waals surface area contributed by atoms with E-state index in [1.165, 1.54) is 12.8 Å². The molecule has 1 fully saturated rings. The second kappa shape index (κ2) is 7.20. The number of carbonyl (C=O) groups excluding carboxylic acids is 1.